The van der Waals surface area contributed by atoms with Gasteiger partial charge in [-0.25, -0.2) is 5.43 Å². The van der Waals surface area contributed by atoms with Crippen LogP contribution < -0.4 is 10.2 Å². The van der Waals surface area contributed by atoms with Crippen LogP contribution in [0, 0.1) is 0 Å². The first-order chi connectivity index (χ1) is 6.79. The summed E-state index contributed by atoms with van der Waals surface area (Å²) in [7, 11) is 1.62. The number of carbonyl (C=O) groups is 1. The number of hydrazone groups is 1. The first kappa shape index (κ1) is 11.5. The summed E-state index contributed by atoms with van der Waals surface area (Å²) in [4.78, 5) is 10.9. The molecule has 0 spiro atoms. The van der Waals surface area contributed by atoms with Crippen molar-refractivity contribution in [2.24, 2.45) is 5.10 Å². The molecule has 0 fully saturated rings. The van der Waals surface area contributed by atoms with Gasteiger partial charge in [0.05, 0.1) is 19.2 Å². The maximum absolute atomic E-state index is 10.9. The van der Waals surface area contributed by atoms with E-state index in [1.165, 1.54) is 0 Å². The Kier molecular flexibility index (Phi) is 3.68. The molecule has 2 rings (SSSR count). The Morgan fingerprint density at radius 2 is 2.00 bits per heavy atom. The molecule has 0 aromatic heterocycles. The lowest BCUT2D eigenvalue weighted by molar-refractivity contribution is -0.119. The van der Waals surface area contributed by atoms with Crippen molar-refractivity contribution in [2.75, 3.05) is 7.11 Å². The summed E-state index contributed by atoms with van der Waals surface area (Å²) in [6.45, 7) is 0. The van der Waals surface area contributed by atoms with E-state index in [-0.39, 0.29) is 18.3 Å². The fraction of sp³-hybridized carbons (Fsp3) is 0.200. The zero-order chi connectivity index (χ0) is 9.97. The Hall–Kier alpha value is -1.55. The molecule has 1 amide bonds. The maximum atomic E-state index is 10.9. The van der Waals surface area contributed by atoms with E-state index >= 15 is 0 Å². The highest BCUT2D eigenvalue weighted by Gasteiger charge is 2.15. The minimum Gasteiger partial charge on any atom is -0.497 e. The number of carbonyl (C=O) groups excluding carboxylic acids is 1. The van der Waals surface area contributed by atoms with Crippen LogP contribution in [0.4, 0.5) is 0 Å². The lowest BCUT2D eigenvalue weighted by Crippen LogP contribution is -2.09. The third kappa shape index (κ3) is 2.47. The minimum absolute atomic E-state index is 0. The van der Waals surface area contributed by atoms with Gasteiger partial charge in [0.15, 0.2) is 0 Å². The molecule has 0 atom stereocenters. The van der Waals surface area contributed by atoms with Gasteiger partial charge in [-0.2, -0.15) is 5.10 Å². The van der Waals surface area contributed by atoms with Gasteiger partial charge >= 0.3 is 0 Å². The van der Waals surface area contributed by atoms with E-state index < -0.39 is 0 Å². The summed E-state index contributed by atoms with van der Waals surface area (Å²) in [5.74, 6) is 0.738. The average molecular weight is 227 g/mol. The Balaban J connectivity index is 0.00000112. The highest BCUT2D eigenvalue weighted by Crippen LogP contribution is 2.14. The molecule has 1 N–H and O–H groups in total. The van der Waals surface area contributed by atoms with Gasteiger partial charge in [-0.05, 0) is 29.8 Å². The highest BCUT2D eigenvalue weighted by molar-refractivity contribution is 6.13. The molecule has 80 valence electrons. The van der Waals surface area contributed by atoms with Crippen molar-refractivity contribution in [1.82, 2.24) is 5.43 Å². The molecular weight excluding hydrogens is 216 g/mol. The van der Waals surface area contributed by atoms with Crippen molar-refractivity contribution in [3.63, 3.8) is 0 Å². The number of nitrogens with one attached hydrogen (secondary N) is 1. The van der Waals surface area contributed by atoms with Crippen LogP contribution in [0.1, 0.15) is 12.0 Å². The maximum Gasteiger partial charge on any atom is 0.246 e. The van der Waals surface area contributed by atoms with Gasteiger partial charge in [0.1, 0.15) is 5.75 Å². The van der Waals surface area contributed by atoms with Crippen molar-refractivity contribution >= 4 is 24.0 Å². The Morgan fingerprint density at radius 1 is 1.33 bits per heavy atom. The number of benzene rings is 1. The van der Waals surface area contributed by atoms with Crippen LogP contribution in [-0.4, -0.2) is 18.7 Å². The van der Waals surface area contributed by atoms with Gasteiger partial charge in [-0.3, -0.25) is 4.79 Å². The quantitative estimate of drug-likeness (QED) is 0.828. The second kappa shape index (κ2) is 4.79. The van der Waals surface area contributed by atoms with Crippen LogP contribution in [0.2, 0.25) is 0 Å². The molecule has 15 heavy (non-hydrogen) atoms. The van der Waals surface area contributed by atoms with Gasteiger partial charge in [0.25, 0.3) is 0 Å². The van der Waals surface area contributed by atoms with Crippen molar-refractivity contribution < 1.29 is 9.53 Å². The lowest BCUT2D eigenvalue weighted by Gasteiger charge is -2.01. The third-order valence-electron chi connectivity index (χ3n) is 2.07. The van der Waals surface area contributed by atoms with Crippen molar-refractivity contribution in [2.45, 2.75) is 6.42 Å². The molecule has 0 aliphatic carbocycles. The molecule has 5 heteroatoms. The van der Waals surface area contributed by atoms with E-state index in [9.17, 15) is 4.79 Å². The normalized spacial score (nSPS) is 13.9. The van der Waals surface area contributed by atoms with Crippen LogP contribution in [0.5, 0.6) is 5.75 Å². The number of amides is 1. The third-order valence-corrected chi connectivity index (χ3v) is 2.07. The molecule has 1 aliphatic rings. The van der Waals surface area contributed by atoms with Crippen LogP contribution in [0.25, 0.3) is 0 Å². The molecule has 4 nitrogen and oxygen atoms in total. The molecule has 0 bridgehead atoms. The zero-order valence-corrected chi connectivity index (χ0v) is 9.00. The molecule has 1 aromatic carbocycles. The molecular formula is C10H11ClN2O2. The average Bonchev–Trinajstić information content (AvgIpc) is 2.65. The summed E-state index contributed by atoms with van der Waals surface area (Å²) in [5, 5.41) is 3.92. The standard InChI is InChI=1S/C10H10N2O2.ClH/c1-14-8-4-2-7(3-5-8)9-6-10(13)12-11-9;/h2-5H,6H2,1H3,(H,12,13);1H. The van der Waals surface area contributed by atoms with Gasteiger partial charge in [-0.1, -0.05) is 0 Å². The Morgan fingerprint density at radius 3 is 2.47 bits per heavy atom. The second-order valence-corrected chi connectivity index (χ2v) is 3.00. The summed E-state index contributed by atoms with van der Waals surface area (Å²) in [6, 6.07) is 7.47. The van der Waals surface area contributed by atoms with Gasteiger partial charge in [-0.15, -0.1) is 12.4 Å². The molecule has 0 saturated heterocycles. The SMILES string of the molecule is COc1ccc(C2=NNC(=O)C2)cc1.Cl. The summed E-state index contributed by atoms with van der Waals surface area (Å²) in [6.07, 6.45) is 0.354. The second-order valence-electron chi connectivity index (χ2n) is 3.00. The van der Waals surface area contributed by atoms with Crippen molar-refractivity contribution in [3.05, 3.63) is 29.8 Å². The van der Waals surface area contributed by atoms with E-state index in [1.807, 2.05) is 24.3 Å². The number of rotatable bonds is 2. The Bertz CT molecular complexity index is 387. The van der Waals surface area contributed by atoms with Crippen molar-refractivity contribution in [1.29, 1.82) is 0 Å². The van der Waals surface area contributed by atoms with Gasteiger partial charge in [0, 0.05) is 0 Å². The van der Waals surface area contributed by atoms with E-state index in [0.717, 1.165) is 17.0 Å². The van der Waals surface area contributed by atoms with Gasteiger partial charge in [0.2, 0.25) is 5.91 Å². The lowest BCUT2D eigenvalue weighted by atomic mass is 10.1. The fourth-order valence-electron chi connectivity index (χ4n) is 1.31. The molecule has 0 saturated carbocycles. The number of hydrogen-bond acceptors (Lipinski definition) is 3. The predicted molar refractivity (Wildman–Crippen MR) is 59.5 cm³/mol. The molecule has 1 aliphatic heterocycles. The first-order valence-electron chi connectivity index (χ1n) is 4.29. The molecule has 1 heterocycles. The van der Waals surface area contributed by atoms with E-state index in [4.69, 9.17) is 4.74 Å². The summed E-state index contributed by atoms with van der Waals surface area (Å²) < 4.78 is 5.03. The van der Waals surface area contributed by atoms with Crippen LogP contribution in [0.3, 0.4) is 0 Å². The number of hydrogen-bond donors (Lipinski definition) is 1. The largest absolute Gasteiger partial charge is 0.497 e. The number of ether oxygens (including phenoxy) is 1. The topological polar surface area (TPSA) is 50.7 Å². The molecule has 0 unspecified atom stereocenters. The van der Waals surface area contributed by atoms with Crippen molar-refractivity contribution in [3.8, 4) is 5.75 Å². The van der Waals surface area contributed by atoms with Crippen LogP contribution >= 0.6 is 12.4 Å². The summed E-state index contributed by atoms with van der Waals surface area (Å²) in [5.41, 5.74) is 4.14. The van der Waals surface area contributed by atoms with Crippen LogP contribution in [0.15, 0.2) is 29.4 Å². The predicted octanol–water partition coefficient (Wildman–Crippen LogP) is 1.34. The smallest absolute Gasteiger partial charge is 0.246 e. The van der Waals surface area contributed by atoms with Crippen LogP contribution in [-0.2, 0) is 4.79 Å². The zero-order valence-electron chi connectivity index (χ0n) is 8.19. The Labute approximate surface area is 93.7 Å². The molecule has 1 aromatic rings. The molecule has 0 radical (unpaired) electrons. The number of methoxy groups -OCH3 is 1. The highest BCUT2D eigenvalue weighted by atomic mass is 35.5. The first-order valence-corrected chi connectivity index (χ1v) is 4.29. The van der Waals surface area contributed by atoms with Gasteiger partial charge < -0.3 is 4.74 Å². The monoisotopic (exact) mass is 226 g/mol. The number of nitrogens with zero attached hydrogens (tertiary/aromatic N) is 1. The van der Waals surface area contributed by atoms with E-state index in [2.05, 4.69) is 10.5 Å². The number of halogens is 1. The fourth-order valence-corrected chi connectivity index (χ4v) is 1.31. The minimum atomic E-state index is -0.0594. The van der Waals surface area contributed by atoms with E-state index in [1.54, 1.807) is 7.11 Å². The summed E-state index contributed by atoms with van der Waals surface area (Å²) >= 11 is 0. The van der Waals surface area contributed by atoms with E-state index in [0.29, 0.717) is 6.42 Å².